The standard InChI is InChI=1S/C17H23N3O4/c1-5-23-16(21)13(14-9-7-8-10-18-14)11-19-15(12-20(3)4)17(22)24-6-2/h7-12,19H,5-6H2,1-4H3/b13-11+,15-12-. The Kier molecular flexibility index (Phi) is 8.04. The van der Waals surface area contributed by atoms with Crippen LogP contribution in [0, 0.1) is 0 Å². The zero-order valence-corrected chi connectivity index (χ0v) is 14.4. The number of nitrogens with one attached hydrogen (secondary N) is 1. The SMILES string of the molecule is CCOC(=O)/C(=C/N(C)C)N/C=C(/C(=O)OCC)c1ccccn1. The fourth-order valence-electron chi connectivity index (χ4n) is 1.73. The van der Waals surface area contributed by atoms with Gasteiger partial charge in [0.1, 0.15) is 11.3 Å². The summed E-state index contributed by atoms with van der Waals surface area (Å²) in [7, 11) is 3.55. The van der Waals surface area contributed by atoms with Crippen LogP contribution in [0.3, 0.4) is 0 Å². The largest absolute Gasteiger partial charge is 0.462 e. The van der Waals surface area contributed by atoms with Crippen LogP contribution in [0.25, 0.3) is 5.57 Å². The van der Waals surface area contributed by atoms with E-state index in [1.165, 1.54) is 6.20 Å². The van der Waals surface area contributed by atoms with Gasteiger partial charge in [-0.15, -0.1) is 0 Å². The molecule has 0 unspecified atom stereocenters. The summed E-state index contributed by atoms with van der Waals surface area (Å²) in [6, 6.07) is 5.19. The van der Waals surface area contributed by atoms with Gasteiger partial charge in [-0.3, -0.25) is 4.98 Å². The molecule has 1 aromatic heterocycles. The Morgan fingerprint density at radius 3 is 2.38 bits per heavy atom. The Morgan fingerprint density at radius 2 is 1.83 bits per heavy atom. The molecule has 0 radical (unpaired) electrons. The van der Waals surface area contributed by atoms with Crippen molar-refractivity contribution in [2.75, 3.05) is 27.3 Å². The number of pyridine rings is 1. The van der Waals surface area contributed by atoms with Crippen LogP contribution in [0.4, 0.5) is 0 Å². The Bertz CT molecular complexity index is 610. The van der Waals surface area contributed by atoms with Crippen molar-refractivity contribution < 1.29 is 19.1 Å². The van der Waals surface area contributed by atoms with E-state index in [0.29, 0.717) is 5.69 Å². The topological polar surface area (TPSA) is 80.8 Å². The molecule has 0 fully saturated rings. The zero-order chi connectivity index (χ0) is 17.9. The lowest BCUT2D eigenvalue weighted by atomic mass is 10.2. The molecule has 1 aromatic rings. The zero-order valence-electron chi connectivity index (χ0n) is 14.4. The molecule has 0 aliphatic heterocycles. The van der Waals surface area contributed by atoms with Gasteiger partial charge in [0.25, 0.3) is 0 Å². The predicted molar refractivity (Wildman–Crippen MR) is 90.4 cm³/mol. The van der Waals surface area contributed by atoms with E-state index in [-0.39, 0.29) is 24.5 Å². The molecule has 0 saturated heterocycles. The molecule has 1 N–H and O–H groups in total. The molecule has 7 heteroatoms. The maximum Gasteiger partial charge on any atom is 0.356 e. The minimum absolute atomic E-state index is 0.194. The first-order chi connectivity index (χ1) is 11.5. The van der Waals surface area contributed by atoms with Crippen LogP contribution in [-0.2, 0) is 19.1 Å². The van der Waals surface area contributed by atoms with E-state index in [1.807, 2.05) is 0 Å². The van der Waals surface area contributed by atoms with E-state index in [2.05, 4.69) is 10.3 Å². The van der Waals surface area contributed by atoms with Gasteiger partial charge in [-0.05, 0) is 26.0 Å². The van der Waals surface area contributed by atoms with E-state index in [9.17, 15) is 9.59 Å². The number of nitrogens with zero attached hydrogens (tertiary/aromatic N) is 2. The third kappa shape index (κ3) is 6.12. The van der Waals surface area contributed by atoms with Crippen molar-refractivity contribution in [2.45, 2.75) is 13.8 Å². The minimum atomic E-state index is -0.531. The second-order valence-corrected chi connectivity index (χ2v) is 4.86. The summed E-state index contributed by atoms with van der Waals surface area (Å²) >= 11 is 0. The number of carbonyl (C=O) groups is 2. The van der Waals surface area contributed by atoms with Gasteiger partial charge in [0.2, 0.25) is 0 Å². The monoisotopic (exact) mass is 333 g/mol. The molecule has 0 saturated carbocycles. The summed E-state index contributed by atoms with van der Waals surface area (Å²) < 4.78 is 10.0. The highest BCUT2D eigenvalue weighted by Gasteiger charge is 2.16. The molecule has 0 aliphatic carbocycles. The van der Waals surface area contributed by atoms with E-state index in [1.54, 1.807) is 63.4 Å². The molecule has 1 rings (SSSR count). The molecule has 0 amide bonds. The number of rotatable bonds is 8. The Balaban J connectivity index is 3.12. The number of carbonyl (C=O) groups excluding carboxylic acids is 2. The van der Waals surface area contributed by atoms with Crippen LogP contribution in [0.1, 0.15) is 19.5 Å². The predicted octanol–water partition coefficient (Wildman–Crippen LogP) is 1.54. The highest BCUT2D eigenvalue weighted by Crippen LogP contribution is 2.13. The van der Waals surface area contributed by atoms with Gasteiger partial charge in [-0.1, -0.05) is 6.07 Å². The molecule has 24 heavy (non-hydrogen) atoms. The molecule has 0 aromatic carbocycles. The van der Waals surface area contributed by atoms with Crippen molar-refractivity contribution in [1.29, 1.82) is 0 Å². The maximum absolute atomic E-state index is 12.2. The maximum atomic E-state index is 12.2. The molecule has 0 aliphatic rings. The van der Waals surface area contributed by atoms with E-state index in [0.717, 1.165) is 0 Å². The average molecular weight is 333 g/mol. The molecule has 1 heterocycles. The summed E-state index contributed by atoms with van der Waals surface area (Å²) in [6.45, 7) is 3.93. The second kappa shape index (κ2) is 10.0. The van der Waals surface area contributed by atoms with Gasteiger partial charge in [0.15, 0.2) is 0 Å². The molecule has 130 valence electrons. The average Bonchev–Trinajstić information content (AvgIpc) is 2.55. The number of hydrogen-bond donors (Lipinski definition) is 1. The van der Waals surface area contributed by atoms with E-state index >= 15 is 0 Å². The van der Waals surface area contributed by atoms with Crippen molar-refractivity contribution in [3.63, 3.8) is 0 Å². The fraction of sp³-hybridized carbons (Fsp3) is 0.353. The van der Waals surface area contributed by atoms with Gasteiger partial charge in [0, 0.05) is 32.7 Å². The van der Waals surface area contributed by atoms with Crippen LogP contribution in [0.5, 0.6) is 0 Å². The summed E-state index contributed by atoms with van der Waals surface area (Å²) in [5.41, 5.74) is 0.850. The third-order valence-electron chi connectivity index (χ3n) is 2.69. The van der Waals surface area contributed by atoms with Crippen molar-refractivity contribution in [1.82, 2.24) is 15.2 Å². The minimum Gasteiger partial charge on any atom is -0.462 e. The van der Waals surface area contributed by atoms with E-state index < -0.39 is 11.9 Å². The van der Waals surface area contributed by atoms with Gasteiger partial charge >= 0.3 is 11.9 Å². The molecule has 0 spiro atoms. The van der Waals surface area contributed by atoms with Crippen LogP contribution in [-0.4, -0.2) is 49.1 Å². The Hall–Kier alpha value is -2.83. The first-order valence-corrected chi connectivity index (χ1v) is 7.60. The van der Waals surface area contributed by atoms with Crippen LogP contribution in [0.2, 0.25) is 0 Å². The highest BCUT2D eigenvalue weighted by molar-refractivity contribution is 6.15. The van der Waals surface area contributed by atoms with Gasteiger partial charge in [0.05, 0.1) is 18.9 Å². The molecule has 0 atom stereocenters. The first kappa shape index (κ1) is 19.2. The summed E-state index contributed by atoms with van der Waals surface area (Å²) in [6.07, 6.45) is 4.53. The molecular weight excluding hydrogens is 310 g/mol. The van der Waals surface area contributed by atoms with Crippen LogP contribution < -0.4 is 5.32 Å². The molecular formula is C17H23N3O4. The summed E-state index contributed by atoms with van der Waals surface area (Å²) in [4.78, 5) is 30.0. The smallest absolute Gasteiger partial charge is 0.356 e. The lowest BCUT2D eigenvalue weighted by Gasteiger charge is -2.12. The van der Waals surface area contributed by atoms with Crippen LogP contribution >= 0.6 is 0 Å². The van der Waals surface area contributed by atoms with Crippen molar-refractivity contribution in [3.05, 3.63) is 48.2 Å². The van der Waals surface area contributed by atoms with Gasteiger partial charge < -0.3 is 19.7 Å². The van der Waals surface area contributed by atoms with Crippen molar-refractivity contribution >= 4 is 17.5 Å². The van der Waals surface area contributed by atoms with Gasteiger partial charge in [-0.25, -0.2) is 9.59 Å². The first-order valence-electron chi connectivity index (χ1n) is 7.60. The quantitative estimate of drug-likeness (QED) is 0.571. The number of esters is 2. The normalized spacial score (nSPS) is 11.7. The van der Waals surface area contributed by atoms with Crippen LogP contribution in [0.15, 0.2) is 42.5 Å². The summed E-state index contributed by atoms with van der Waals surface area (Å²) in [5, 5.41) is 2.82. The van der Waals surface area contributed by atoms with E-state index in [4.69, 9.17) is 9.47 Å². The number of ether oxygens (including phenoxy) is 2. The van der Waals surface area contributed by atoms with Gasteiger partial charge in [-0.2, -0.15) is 0 Å². The lowest BCUT2D eigenvalue weighted by Crippen LogP contribution is -2.22. The van der Waals surface area contributed by atoms with Crippen molar-refractivity contribution in [2.24, 2.45) is 0 Å². The molecule has 7 nitrogen and oxygen atoms in total. The number of aromatic nitrogens is 1. The number of hydrogen-bond acceptors (Lipinski definition) is 7. The Morgan fingerprint density at radius 1 is 1.17 bits per heavy atom. The van der Waals surface area contributed by atoms with Crippen molar-refractivity contribution in [3.8, 4) is 0 Å². The lowest BCUT2D eigenvalue weighted by molar-refractivity contribution is -0.139. The Labute approximate surface area is 142 Å². The summed E-state index contributed by atoms with van der Waals surface area (Å²) in [5.74, 6) is -1.05. The highest BCUT2D eigenvalue weighted by atomic mass is 16.5. The second-order valence-electron chi connectivity index (χ2n) is 4.86. The molecule has 0 bridgehead atoms. The fourth-order valence-corrected chi connectivity index (χ4v) is 1.73. The third-order valence-corrected chi connectivity index (χ3v) is 2.69.